The third kappa shape index (κ3) is 0.702. The zero-order chi connectivity index (χ0) is 7.14. The summed E-state index contributed by atoms with van der Waals surface area (Å²) in [5.74, 6) is 2.15. The number of allylic oxidation sites excluding steroid dienone is 4. The summed E-state index contributed by atoms with van der Waals surface area (Å²) in [6, 6.07) is 0. The fraction of sp³-hybridized carbons (Fsp3) is 0.222. The van der Waals surface area contributed by atoms with E-state index in [1.807, 2.05) is 11.8 Å². The van der Waals surface area contributed by atoms with E-state index in [2.05, 4.69) is 31.8 Å². The van der Waals surface area contributed by atoms with Gasteiger partial charge in [-0.25, -0.2) is 0 Å². The summed E-state index contributed by atoms with van der Waals surface area (Å²) in [6.07, 6.45) is 4.46. The van der Waals surface area contributed by atoms with Crippen molar-refractivity contribution in [1.82, 2.24) is 0 Å². The molecule has 0 atom stereocenters. The first-order valence-corrected chi connectivity index (χ1v) is 4.27. The molecule has 1 aliphatic carbocycles. The molecule has 2 rings (SSSR count). The summed E-state index contributed by atoms with van der Waals surface area (Å²) in [7, 11) is 0. The van der Waals surface area contributed by atoms with Crippen molar-refractivity contribution in [1.29, 1.82) is 0 Å². The molecule has 0 bridgehead atoms. The van der Waals surface area contributed by atoms with Crippen LogP contribution in [0.25, 0.3) is 0 Å². The molecule has 0 aromatic heterocycles. The second kappa shape index (κ2) is 2.03. The Bertz CT molecular complexity index is 262. The summed E-state index contributed by atoms with van der Waals surface area (Å²) < 4.78 is 0. The van der Waals surface area contributed by atoms with E-state index in [1.165, 1.54) is 21.6 Å². The normalized spacial score (nSPS) is 23.0. The maximum atomic E-state index is 2.26. The average Bonchev–Trinajstić information content (AvgIpc) is 2.41. The molecule has 0 unspecified atom stereocenters. The minimum absolute atomic E-state index is 1.42. The van der Waals surface area contributed by atoms with Crippen molar-refractivity contribution in [3.05, 3.63) is 39.5 Å². The third-order valence-corrected chi connectivity index (χ3v) is 2.90. The molecule has 0 saturated heterocycles. The molecule has 0 aromatic rings. The van der Waals surface area contributed by atoms with Gasteiger partial charge in [0.1, 0.15) is 0 Å². The zero-order valence-corrected chi connectivity index (χ0v) is 6.96. The van der Waals surface area contributed by atoms with Gasteiger partial charge in [0, 0.05) is 10.7 Å². The summed E-state index contributed by atoms with van der Waals surface area (Å²) >= 11 is 1.82. The van der Waals surface area contributed by atoms with Crippen LogP contribution in [0.3, 0.4) is 0 Å². The zero-order valence-electron chi connectivity index (χ0n) is 6.14. The molecule has 1 heterocycles. The number of thioether (sulfide) groups is 1. The van der Waals surface area contributed by atoms with Crippen molar-refractivity contribution in [2.45, 2.75) is 13.8 Å². The fourth-order valence-electron chi connectivity index (χ4n) is 1.26. The Labute approximate surface area is 65.7 Å². The molecule has 0 spiro atoms. The summed E-state index contributed by atoms with van der Waals surface area (Å²) in [5, 5.41) is 0. The average molecular weight is 149 g/mol. The minimum Gasteiger partial charge on any atom is -0.116 e. The van der Waals surface area contributed by atoms with Gasteiger partial charge in [0.15, 0.2) is 0 Å². The lowest BCUT2D eigenvalue weighted by Crippen LogP contribution is -1.76. The Morgan fingerprint density at radius 1 is 1.30 bits per heavy atom. The number of hydrogen-bond acceptors (Lipinski definition) is 1. The first-order chi connectivity index (χ1) is 4.79. The number of fused-ring (bicyclic) bond motifs is 1. The van der Waals surface area contributed by atoms with E-state index in [9.17, 15) is 0 Å². The van der Waals surface area contributed by atoms with Crippen LogP contribution in [0.5, 0.6) is 0 Å². The smallest absolute Gasteiger partial charge is 0.0441 e. The van der Waals surface area contributed by atoms with Crippen LogP contribution in [0.1, 0.15) is 13.8 Å². The highest BCUT2D eigenvalue weighted by Crippen LogP contribution is 2.43. The van der Waals surface area contributed by atoms with Crippen molar-refractivity contribution >= 4 is 11.8 Å². The van der Waals surface area contributed by atoms with Gasteiger partial charge >= 0.3 is 0 Å². The maximum absolute atomic E-state index is 2.26. The highest BCUT2D eigenvalue weighted by atomic mass is 32.2. The van der Waals surface area contributed by atoms with Gasteiger partial charge in [-0.1, -0.05) is 6.08 Å². The summed E-state index contributed by atoms with van der Waals surface area (Å²) in [5.41, 5.74) is 4.29. The Balaban J connectivity index is 2.51. The number of hydrogen-bond donors (Lipinski definition) is 0. The molecule has 51 valence electrons. The molecule has 0 N–H and O–H groups in total. The molecular weight excluding hydrogens is 140 g/mol. The Hall–Kier alpha value is -0.430. The predicted molar refractivity (Wildman–Crippen MR) is 46.4 cm³/mol. The van der Waals surface area contributed by atoms with Crippen LogP contribution in [0.2, 0.25) is 0 Å². The van der Waals surface area contributed by atoms with Gasteiger partial charge in [0.05, 0.1) is 0 Å². The van der Waals surface area contributed by atoms with E-state index >= 15 is 0 Å². The molecule has 2 aliphatic rings. The Kier molecular flexibility index (Phi) is 1.27. The second-order valence-corrected chi connectivity index (χ2v) is 3.60. The highest BCUT2D eigenvalue weighted by molar-refractivity contribution is 8.05. The van der Waals surface area contributed by atoms with Crippen molar-refractivity contribution in [2.24, 2.45) is 0 Å². The van der Waals surface area contributed by atoms with Crippen LogP contribution in [-0.4, -0.2) is 0 Å². The molecule has 0 fully saturated rings. The Morgan fingerprint density at radius 3 is 2.80 bits per heavy atom. The van der Waals surface area contributed by atoms with E-state index in [0.717, 1.165) is 0 Å². The van der Waals surface area contributed by atoms with Gasteiger partial charge in [-0.15, -0.1) is 11.8 Å². The van der Waals surface area contributed by atoms with Crippen LogP contribution in [0, 0.1) is 5.75 Å². The quantitative estimate of drug-likeness (QED) is 0.510. The monoisotopic (exact) mass is 149 g/mol. The molecule has 1 aliphatic heterocycles. The van der Waals surface area contributed by atoms with Crippen molar-refractivity contribution in [3.8, 4) is 0 Å². The van der Waals surface area contributed by atoms with Gasteiger partial charge in [0.25, 0.3) is 0 Å². The van der Waals surface area contributed by atoms with Gasteiger partial charge in [-0.05, 0) is 36.6 Å². The molecule has 10 heavy (non-hydrogen) atoms. The minimum atomic E-state index is 1.42. The van der Waals surface area contributed by atoms with E-state index in [4.69, 9.17) is 0 Å². The fourth-order valence-corrected chi connectivity index (χ4v) is 2.20. The lowest BCUT2D eigenvalue weighted by atomic mass is 10.1. The van der Waals surface area contributed by atoms with Gasteiger partial charge in [-0.2, -0.15) is 0 Å². The van der Waals surface area contributed by atoms with Crippen molar-refractivity contribution in [2.75, 3.05) is 0 Å². The highest BCUT2D eigenvalue weighted by Gasteiger charge is 2.19. The largest absolute Gasteiger partial charge is 0.116 e. The van der Waals surface area contributed by atoms with Crippen LogP contribution in [0.15, 0.2) is 33.8 Å². The second-order valence-electron chi connectivity index (χ2n) is 2.65. The summed E-state index contributed by atoms with van der Waals surface area (Å²) in [4.78, 5) is 1.43. The van der Waals surface area contributed by atoms with Crippen LogP contribution in [0.4, 0.5) is 0 Å². The van der Waals surface area contributed by atoms with Gasteiger partial charge < -0.3 is 0 Å². The SMILES string of the molecule is CC1=C(C)C2=C[CH]SC2=C1. The molecule has 1 radical (unpaired) electrons. The first kappa shape index (κ1) is 6.29. The topological polar surface area (TPSA) is 0 Å². The molecule has 0 saturated carbocycles. The van der Waals surface area contributed by atoms with E-state index in [1.54, 1.807) is 0 Å². The molecule has 0 aromatic carbocycles. The lowest BCUT2D eigenvalue weighted by molar-refractivity contribution is 1.38. The molecular formula is C9H9S. The molecule has 0 amide bonds. The van der Waals surface area contributed by atoms with Crippen LogP contribution in [-0.2, 0) is 0 Å². The Morgan fingerprint density at radius 2 is 2.10 bits per heavy atom. The van der Waals surface area contributed by atoms with Crippen molar-refractivity contribution in [3.63, 3.8) is 0 Å². The van der Waals surface area contributed by atoms with E-state index < -0.39 is 0 Å². The standard InChI is InChI=1S/C9H9S/c1-6-5-9-8(7(6)2)3-4-10-9/h3-5H,1-2H3. The van der Waals surface area contributed by atoms with Crippen molar-refractivity contribution < 1.29 is 0 Å². The first-order valence-electron chi connectivity index (χ1n) is 3.39. The van der Waals surface area contributed by atoms with Gasteiger partial charge in [-0.3, -0.25) is 0 Å². The predicted octanol–water partition coefficient (Wildman–Crippen LogP) is 3.06. The lowest BCUT2D eigenvalue weighted by Gasteiger charge is -1.95. The third-order valence-electron chi connectivity index (χ3n) is 2.04. The van der Waals surface area contributed by atoms with Crippen LogP contribution >= 0.6 is 11.8 Å². The van der Waals surface area contributed by atoms with Gasteiger partial charge in [0.2, 0.25) is 0 Å². The maximum Gasteiger partial charge on any atom is 0.0441 e. The van der Waals surface area contributed by atoms with E-state index in [0.29, 0.717) is 0 Å². The number of rotatable bonds is 0. The summed E-state index contributed by atoms with van der Waals surface area (Å²) in [6.45, 7) is 4.35. The molecule has 0 nitrogen and oxygen atoms in total. The molecule has 1 heteroatoms. The van der Waals surface area contributed by atoms with E-state index in [-0.39, 0.29) is 0 Å². The van der Waals surface area contributed by atoms with Crippen LogP contribution < -0.4 is 0 Å².